The van der Waals surface area contributed by atoms with Crippen LogP contribution in [0, 0.1) is 5.92 Å². The van der Waals surface area contributed by atoms with E-state index in [4.69, 9.17) is 16.3 Å². The van der Waals surface area contributed by atoms with E-state index in [1.54, 1.807) is 20.2 Å². The number of hydrogen-bond donors (Lipinski definition) is 4. The lowest BCUT2D eigenvalue weighted by atomic mass is 9.92. The molecule has 9 atom stereocenters. The van der Waals surface area contributed by atoms with Gasteiger partial charge in [-0.15, -0.1) is 23.4 Å². The number of thioether (sulfide) groups is 1. The van der Waals surface area contributed by atoms with Crippen molar-refractivity contribution in [1.29, 1.82) is 0 Å². The molecule has 2 rings (SSSR count). The summed E-state index contributed by atoms with van der Waals surface area (Å²) in [5.41, 5.74) is -0.701. The van der Waals surface area contributed by atoms with Crippen LogP contribution in [0.1, 0.15) is 33.1 Å². The van der Waals surface area contributed by atoms with Gasteiger partial charge < -0.3 is 30.3 Å². The standard InChI is InChI=1S/C18H33ClN2O5S/c1-5-6-10-7-11(20-8-10)17(25)21(3)12(9(2)19)16-14(23)13(22)15(24)18(26-16)27-4/h9-16,18,20,22-24H,5-8H2,1-4H3/t9?,10-,11+,12?,13+,14+,15-,16-,18-/m1/s1. The summed E-state index contributed by atoms with van der Waals surface area (Å²) in [6.45, 7) is 4.69. The van der Waals surface area contributed by atoms with Gasteiger partial charge in [0.2, 0.25) is 5.91 Å². The lowest BCUT2D eigenvalue weighted by Gasteiger charge is -2.46. The fourth-order valence-electron chi connectivity index (χ4n) is 4.16. The molecule has 2 saturated heterocycles. The Bertz CT molecular complexity index is 498. The van der Waals surface area contributed by atoms with E-state index in [0.29, 0.717) is 5.92 Å². The first kappa shape index (κ1) is 23.2. The van der Waals surface area contributed by atoms with E-state index in [0.717, 1.165) is 25.8 Å². The number of rotatable bonds is 7. The highest BCUT2D eigenvalue weighted by Gasteiger charge is 2.49. The molecule has 2 heterocycles. The Morgan fingerprint density at radius 1 is 1.33 bits per heavy atom. The number of aliphatic hydroxyl groups is 3. The van der Waals surface area contributed by atoms with E-state index in [-0.39, 0.29) is 11.9 Å². The fourth-order valence-corrected chi connectivity index (χ4v) is 5.15. The van der Waals surface area contributed by atoms with Crippen LogP contribution in [0.2, 0.25) is 0 Å². The number of aliphatic hydroxyl groups excluding tert-OH is 3. The molecule has 4 N–H and O–H groups in total. The molecule has 0 radical (unpaired) electrons. The van der Waals surface area contributed by atoms with Crippen LogP contribution in [0.5, 0.6) is 0 Å². The number of amides is 1. The maximum absolute atomic E-state index is 13.0. The second kappa shape index (κ2) is 10.1. The van der Waals surface area contributed by atoms with Crippen LogP contribution in [0.4, 0.5) is 0 Å². The zero-order valence-corrected chi connectivity index (χ0v) is 18.0. The molecule has 2 aliphatic heterocycles. The number of nitrogens with zero attached hydrogens (tertiary/aromatic N) is 1. The molecule has 0 aromatic carbocycles. The van der Waals surface area contributed by atoms with Crippen LogP contribution in [0.3, 0.4) is 0 Å². The second-order valence-electron chi connectivity index (χ2n) is 7.65. The quantitative estimate of drug-likeness (QED) is 0.438. The van der Waals surface area contributed by atoms with Crippen molar-refractivity contribution in [1.82, 2.24) is 10.2 Å². The molecule has 0 bridgehead atoms. The van der Waals surface area contributed by atoms with Gasteiger partial charge in [-0.3, -0.25) is 4.79 Å². The van der Waals surface area contributed by atoms with Crippen LogP contribution in [-0.2, 0) is 9.53 Å². The number of likely N-dealkylation sites (N-methyl/N-ethyl adjacent to an activating group) is 1. The predicted molar refractivity (Wildman–Crippen MR) is 107 cm³/mol. The Kier molecular flexibility index (Phi) is 8.67. The SMILES string of the molecule is CCC[C@H]1CN[C@H](C(=O)N(C)C(C(C)Cl)[C@H]2O[C@H](SC)[C@H](O)[C@@H](O)[C@@H]2O)C1. The van der Waals surface area contributed by atoms with Gasteiger partial charge in [-0.25, -0.2) is 0 Å². The van der Waals surface area contributed by atoms with Crippen molar-refractivity contribution < 1.29 is 24.9 Å². The van der Waals surface area contributed by atoms with Gasteiger partial charge in [0.25, 0.3) is 0 Å². The molecule has 27 heavy (non-hydrogen) atoms. The zero-order valence-electron chi connectivity index (χ0n) is 16.4. The fraction of sp³-hybridized carbons (Fsp3) is 0.944. The summed E-state index contributed by atoms with van der Waals surface area (Å²) in [7, 11) is 1.66. The van der Waals surface area contributed by atoms with Gasteiger partial charge in [-0.1, -0.05) is 13.3 Å². The molecule has 1 amide bonds. The number of alkyl halides is 1. The maximum atomic E-state index is 13.0. The summed E-state index contributed by atoms with van der Waals surface area (Å²) in [4.78, 5) is 14.6. The molecule has 9 heteroatoms. The molecule has 0 aromatic heterocycles. The summed E-state index contributed by atoms with van der Waals surface area (Å²) in [5.74, 6) is 0.391. The summed E-state index contributed by atoms with van der Waals surface area (Å²) < 4.78 is 5.85. The molecule has 2 unspecified atom stereocenters. The average Bonchev–Trinajstić information content (AvgIpc) is 3.09. The lowest BCUT2D eigenvalue weighted by molar-refractivity contribution is -0.212. The number of carbonyl (C=O) groups excluding carboxylic acids is 1. The molecule has 7 nitrogen and oxygen atoms in total. The summed E-state index contributed by atoms with van der Waals surface area (Å²) in [6, 6.07) is -0.921. The smallest absolute Gasteiger partial charge is 0.239 e. The van der Waals surface area contributed by atoms with Crippen molar-refractivity contribution in [2.75, 3.05) is 19.8 Å². The minimum atomic E-state index is -1.36. The number of carbonyl (C=O) groups is 1. The molecule has 0 aliphatic carbocycles. The molecule has 158 valence electrons. The first-order valence-corrected chi connectivity index (χ1v) is 11.3. The Morgan fingerprint density at radius 2 is 2.00 bits per heavy atom. The van der Waals surface area contributed by atoms with Gasteiger partial charge in [0, 0.05) is 7.05 Å². The second-order valence-corrected chi connectivity index (χ2v) is 9.27. The van der Waals surface area contributed by atoms with Crippen LogP contribution >= 0.6 is 23.4 Å². The van der Waals surface area contributed by atoms with Crippen molar-refractivity contribution >= 4 is 29.3 Å². The van der Waals surface area contributed by atoms with Gasteiger partial charge in [0.05, 0.1) is 17.5 Å². The van der Waals surface area contributed by atoms with Crippen molar-refractivity contribution in [2.24, 2.45) is 5.92 Å². The Balaban J connectivity index is 2.14. The summed E-state index contributed by atoms with van der Waals surface area (Å²) in [6.07, 6.45) is -0.0960. The van der Waals surface area contributed by atoms with E-state index >= 15 is 0 Å². The molecule has 0 aromatic rings. The lowest BCUT2D eigenvalue weighted by Crippen LogP contribution is -2.65. The van der Waals surface area contributed by atoms with Crippen LogP contribution < -0.4 is 5.32 Å². The summed E-state index contributed by atoms with van der Waals surface area (Å²) >= 11 is 7.63. The minimum Gasteiger partial charge on any atom is -0.388 e. The highest BCUT2D eigenvalue weighted by atomic mass is 35.5. The van der Waals surface area contributed by atoms with E-state index in [2.05, 4.69) is 12.2 Å². The minimum absolute atomic E-state index is 0.0942. The van der Waals surface area contributed by atoms with Gasteiger partial charge in [0.1, 0.15) is 29.9 Å². The monoisotopic (exact) mass is 424 g/mol. The third-order valence-electron chi connectivity index (χ3n) is 5.66. The topological polar surface area (TPSA) is 102 Å². The third-order valence-corrected chi connectivity index (χ3v) is 6.77. The third kappa shape index (κ3) is 5.10. The van der Waals surface area contributed by atoms with Crippen molar-refractivity contribution in [2.45, 2.75) is 80.4 Å². The average molecular weight is 425 g/mol. The van der Waals surface area contributed by atoms with Crippen LogP contribution in [-0.4, -0.2) is 93.3 Å². The highest BCUT2D eigenvalue weighted by Crippen LogP contribution is 2.32. The summed E-state index contributed by atoms with van der Waals surface area (Å²) in [5, 5.41) is 33.5. The molecule has 0 saturated carbocycles. The van der Waals surface area contributed by atoms with Crippen molar-refractivity contribution in [3.05, 3.63) is 0 Å². The van der Waals surface area contributed by atoms with Gasteiger partial charge >= 0.3 is 0 Å². The normalized spacial score (nSPS) is 39.2. The number of ether oxygens (including phenoxy) is 1. The van der Waals surface area contributed by atoms with Gasteiger partial charge in [-0.05, 0) is 38.5 Å². The Labute approximate surface area is 170 Å². The van der Waals surface area contributed by atoms with Crippen LogP contribution in [0.25, 0.3) is 0 Å². The molecule has 0 spiro atoms. The first-order valence-electron chi connectivity index (χ1n) is 9.59. The molecular formula is C18H33ClN2O5S. The molecule has 2 fully saturated rings. The molecule has 2 aliphatic rings. The van der Waals surface area contributed by atoms with Crippen molar-refractivity contribution in [3.8, 4) is 0 Å². The zero-order chi connectivity index (χ0) is 20.3. The largest absolute Gasteiger partial charge is 0.388 e. The van der Waals surface area contributed by atoms with Gasteiger partial charge in [-0.2, -0.15) is 0 Å². The van der Waals surface area contributed by atoms with E-state index < -0.39 is 41.3 Å². The maximum Gasteiger partial charge on any atom is 0.239 e. The Morgan fingerprint density at radius 3 is 2.56 bits per heavy atom. The number of halogens is 1. The van der Waals surface area contributed by atoms with E-state index in [1.807, 2.05) is 0 Å². The van der Waals surface area contributed by atoms with Gasteiger partial charge in [0.15, 0.2) is 0 Å². The number of nitrogens with one attached hydrogen (secondary N) is 1. The highest BCUT2D eigenvalue weighted by molar-refractivity contribution is 7.99. The molecular weight excluding hydrogens is 392 g/mol. The predicted octanol–water partition coefficient (Wildman–Crippen LogP) is 0.390. The van der Waals surface area contributed by atoms with E-state index in [1.165, 1.54) is 16.7 Å². The van der Waals surface area contributed by atoms with E-state index in [9.17, 15) is 20.1 Å². The van der Waals surface area contributed by atoms with Crippen molar-refractivity contribution in [3.63, 3.8) is 0 Å². The first-order chi connectivity index (χ1) is 12.7. The Hall–Kier alpha value is -0.0900. The van der Waals surface area contributed by atoms with Crippen LogP contribution in [0.15, 0.2) is 0 Å². The number of hydrogen-bond acceptors (Lipinski definition) is 7.